The number of amides is 4. The number of nitrogen functional groups attached to an aromatic ring is 1. The van der Waals surface area contributed by atoms with Gasteiger partial charge in [-0.05, 0) is 54.7 Å². The number of nitrogens with one attached hydrogen (secondary N) is 1. The summed E-state index contributed by atoms with van der Waals surface area (Å²) in [5.74, 6) is -1.25. The van der Waals surface area contributed by atoms with Crippen LogP contribution in [-0.4, -0.2) is 50.6 Å². The summed E-state index contributed by atoms with van der Waals surface area (Å²) in [5, 5.41) is 6.90. The van der Waals surface area contributed by atoms with E-state index >= 15 is 0 Å². The highest BCUT2D eigenvalue weighted by molar-refractivity contribution is 6.12. The summed E-state index contributed by atoms with van der Waals surface area (Å²) >= 11 is 0. The number of nitrogens with zero attached hydrogens (tertiary/aromatic N) is 5. The minimum Gasteiger partial charge on any atom is -0.384 e. The van der Waals surface area contributed by atoms with Gasteiger partial charge >= 0.3 is 6.03 Å². The number of hydrogen-bond donors (Lipinski definition) is 2. The number of aryl methyl sites for hydroxylation is 2. The van der Waals surface area contributed by atoms with Crippen LogP contribution in [0.4, 0.5) is 20.8 Å². The van der Waals surface area contributed by atoms with E-state index in [1.54, 1.807) is 57.5 Å². The number of pyridine rings is 1. The first kappa shape index (κ1) is 25.8. The van der Waals surface area contributed by atoms with Gasteiger partial charge in [-0.25, -0.2) is 14.2 Å². The molecular weight excluding hydrogens is 477 g/mol. The summed E-state index contributed by atoms with van der Waals surface area (Å²) in [4.78, 5) is 46.6. The highest BCUT2D eigenvalue weighted by Crippen LogP contribution is 2.33. The summed E-state index contributed by atoms with van der Waals surface area (Å²) in [6, 6.07) is 7.48. The van der Waals surface area contributed by atoms with Gasteiger partial charge in [0.05, 0.1) is 18.2 Å². The van der Waals surface area contributed by atoms with Gasteiger partial charge in [0.1, 0.15) is 23.5 Å². The lowest BCUT2D eigenvalue weighted by molar-refractivity contribution is -0.156. The minimum atomic E-state index is -1.05. The first-order valence-electron chi connectivity index (χ1n) is 12.0. The molecule has 1 aromatic carbocycles. The van der Waals surface area contributed by atoms with Crippen LogP contribution in [0, 0.1) is 18.7 Å². The van der Waals surface area contributed by atoms with Crippen molar-refractivity contribution in [2.45, 2.75) is 38.8 Å². The summed E-state index contributed by atoms with van der Waals surface area (Å²) < 4.78 is 15.7. The summed E-state index contributed by atoms with van der Waals surface area (Å²) in [5.41, 5.74) is 7.59. The van der Waals surface area contributed by atoms with Crippen molar-refractivity contribution in [2.24, 2.45) is 13.0 Å². The number of halogens is 1. The molecular formula is C26H30FN7O3. The van der Waals surface area contributed by atoms with Crippen molar-refractivity contribution in [1.29, 1.82) is 0 Å². The number of likely N-dealkylation sites (tertiary alicyclic amines) is 1. The molecule has 3 aromatic rings. The van der Waals surface area contributed by atoms with Gasteiger partial charge in [-0.15, -0.1) is 0 Å². The summed E-state index contributed by atoms with van der Waals surface area (Å²) in [7, 11) is 3.27. The van der Waals surface area contributed by atoms with E-state index in [-0.39, 0.29) is 12.2 Å². The highest BCUT2D eigenvalue weighted by atomic mass is 19.1. The Kier molecular flexibility index (Phi) is 7.23. The van der Waals surface area contributed by atoms with Crippen LogP contribution < -0.4 is 16.0 Å². The molecule has 37 heavy (non-hydrogen) atoms. The molecule has 1 fully saturated rings. The number of likely N-dealkylation sites (N-methyl/N-ethyl adjacent to an activating group) is 1. The molecule has 10 nitrogen and oxygen atoms in total. The van der Waals surface area contributed by atoms with E-state index in [1.165, 1.54) is 21.8 Å². The van der Waals surface area contributed by atoms with Crippen molar-refractivity contribution in [3.05, 3.63) is 71.3 Å². The number of carbonyl (C=O) groups is 3. The molecule has 2 aromatic heterocycles. The summed E-state index contributed by atoms with van der Waals surface area (Å²) in [6.45, 7) is 3.50. The second kappa shape index (κ2) is 10.4. The Balaban J connectivity index is 1.61. The molecule has 4 rings (SSSR count). The third kappa shape index (κ3) is 5.02. The molecule has 0 saturated carbocycles. The van der Waals surface area contributed by atoms with Crippen LogP contribution in [-0.2, 0) is 23.1 Å². The molecule has 1 aliphatic heterocycles. The van der Waals surface area contributed by atoms with E-state index in [2.05, 4.69) is 15.4 Å². The predicted octanol–water partition coefficient (Wildman–Crippen LogP) is 2.74. The SMILES string of the molecule is CCC(NC(=O)N1C(=O)[C@H](Cc2ccnc(N)c2)[C@H]1C(=O)N(C)c1ccnn1C)c1ccc(C)c(F)c1. The average molecular weight is 508 g/mol. The number of rotatable bonds is 7. The lowest BCUT2D eigenvalue weighted by atomic mass is 9.81. The molecule has 3 heterocycles. The van der Waals surface area contributed by atoms with E-state index in [0.29, 0.717) is 29.2 Å². The smallest absolute Gasteiger partial charge is 0.325 e. The van der Waals surface area contributed by atoms with Crippen molar-refractivity contribution in [1.82, 2.24) is 25.0 Å². The largest absolute Gasteiger partial charge is 0.384 e. The molecule has 1 aliphatic rings. The Labute approximate surface area is 214 Å². The minimum absolute atomic E-state index is 0.214. The number of aromatic nitrogens is 3. The van der Waals surface area contributed by atoms with Gasteiger partial charge in [-0.3, -0.25) is 24.1 Å². The van der Waals surface area contributed by atoms with Crippen LogP contribution in [0.2, 0.25) is 0 Å². The Morgan fingerprint density at radius 3 is 2.59 bits per heavy atom. The quantitative estimate of drug-likeness (QED) is 0.474. The molecule has 0 aliphatic carbocycles. The lowest BCUT2D eigenvalue weighted by Gasteiger charge is -2.46. The van der Waals surface area contributed by atoms with Crippen LogP contribution in [0.15, 0.2) is 48.8 Å². The monoisotopic (exact) mass is 507 g/mol. The zero-order valence-corrected chi connectivity index (χ0v) is 21.2. The van der Waals surface area contributed by atoms with Crippen LogP contribution in [0.1, 0.15) is 36.1 Å². The maximum Gasteiger partial charge on any atom is 0.325 e. The van der Waals surface area contributed by atoms with Gasteiger partial charge in [0.15, 0.2) is 0 Å². The first-order valence-corrected chi connectivity index (χ1v) is 12.0. The molecule has 3 N–H and O–H groups in total. The normalized spacial score (nSPS) is 17.8. The van der Waals surface area contributed by atoms with Crippen molar-refractivity contribution in [3.8, 4) is 0 Å². The Morgan fingerprint density at radius 1 is 1.22 bits per heavy atom. The van der Waals surface area contributed by atoms with E-state index in [0.717, 1.165) is 10.5 Å². The molecule has 3 atom stereocenters. The van der Waals surface area contributed by atoms with E-state index in [9.17, 15) is 18.8 Å². The fraction of sp³-hybridized carbons (Fsp3) is 0.346. The molecule has 194 valence electrons. The number of benzene rings is 1. The molecule has 1 unspecified atom stereocenters. The van der Waals surface area contributed by atoms with E-state index in [1.807, 2.05) is 6.92 Å². The predicted molar refractivity (Wildman–Crippen MR) is 136 cm³/mol. The first-order chi connectivity index (χ1) is 17.6. The van der Waals surface area contributed by atoms with E-state index in [4.69, 9.17) is 5.73 Å². The second-order valence-electron chi connectivity index (χ2n) is 9.18. The molecule has 1 saturated heterocycles. The van der Waals surface area contributed by atoms with Crippen LogP contribution in [0.25, 0.3) is 0 Å². The second-order valence-corrected chi connectivity index (χ2v) is 9.18. The van der Waals surface area contributed by atoms with Gasteiger partial charge in [0, 0.05) is 26.4 Å². The van der Waals surface area contributed by atoms with Crippen molar-refractivity contribution in [2.75, 3.05) is 17.7 Å². The topological polar surface area (TPSA) is 126 Å². The third-order valence-corrected chi connectivity index (χ3v) is 6.76. The van der Waals surface area contributed by atoms with Crippen LogP contribution >= 0.6 is 0 Å². The van der Waals surface area contributed by atoms with Crippen molar-refractivity contribution in [3.63, 3.8) is 0 Å². The maximum absolute atomic E-state index is 14.2. The van der Waals surface area contributed by atoms with Crippen LogP contribution in [0.3, 0.4) is 0 Å². The molecule has 0 radical (unpaired) electrons. The highest BCUT2D eigenvalue weighted by Gasteiger charge is 2.55. The third-order valence-electron chi connectivity index (χ3n) is 6.76. The molecule has 0 bridgehead atoms. The van der Waals surface area contributed by atoms with Crippen LogP contribution in [0.5, 0.6) is 0 Å². The zero-order valence-electron chi connectivity index (χ0n) is 21.2. The van der Waals surface area contributed by atoms with E-state index < -0.39 is 35.8 Å². The molecule has 4 amide bonds. The Morgan fingerprint density at radius 2 is 1.97 bits per heavy atom. The number of β-lactam (4-membered cyclic amide) rings is 1. The average Bonchev–Trinajstić information content (AvgIpc) is 3.30. The number of carbonyl (C=O) groups excluding carboxylic acids is 3. The van der Waals surface area contributed by atoms with Gasteiger partial charge in [-0.2, -0.15) is 5.10 Å². The fourth-order valence-electron chi connectivity index (χ4n) is 4.60. The maximum atomic E-state index is 14.2. The van der Waals surface area contributed by atoms with Crippen molar-refractivity contribution < 1.29 is 18.8 Å². The number of imide groups is 1. The number of nitrogens with two attached hydrogens (primary N) is 1. The van der Waals surface area contributed by atoms with Gasteiger partial charge in [0.2, 0.25) is 5.91 Å². The molecule has 11 heteroatoms. The van der Waals surface area contributed by atoms with Gasteiger partial charge < -0.3 is 11.1 Å². The Bertz CT molecular complexity index is 1340. The lowest BCUT2D eigenvalue weighted by Crippen LogP contribution is -2.70. The van der Waals surface area contributed by atoms with Gasteiger partial charge in [0.25, 0.3) is 5.91 Å². The zero-order chi connectivity index (χ0) is 26.9. The van der Waals surface area contributed by atoms with Crippen molar-refractivity contribution >= 4 is 29.5 Å². The summed E-state index contributed by atoms with van der Waals surface area (Å²) in [6.07, 6.45) is 3.76. The van der Waals surface area contributed by atoms with Gasteiger partial charge in [-0.1, -0.05) is 19.1 Å². The molecule has 0 spiro atoms. The fourth-order valence-corrected chi connectivity index (χ4v) is 4.60. The number of hydrogen-bond acceptors (Lipinski definition) is 6. The standard InChI is InChI=1S/C26H30FN7O3/c1-5-20(17-7-6-15(2)19(27)14-17)31-26(37)34-23(25(36)32(3)22-9-11-30-33(22)4)18(24(34)35)12-16-8-10-29-21(28)13-16/h6-11,13-14,18,20,23H,5,12H2,1-4H3,(H2,28,29)(H,31,37)/t18-,20?,23+/m1/s1. The number of urea groups is 1. The Hall–Kier alpha value is -4.28. The number of anilines is 2.